The van der Waals surface area contributed by atoms with Crippen LogP contribution in [0.25, 0.3) is 21.8 Å². The molecule has 0 saturated heterocycles. The number of unbranched alkanes of at least 4 members (excludes halogenated alkanes) is 1. The average molecular weight is 503 g/mol. The van der Waals surface area contributed by atoms with Crippen LogP contribution in [-0.2, 0) is 6.42 Å². The number of para-hydroxylation sites is 2. The number of aryl methyl sites for hydroxylation is 1. The molecule has 0 aliphatic heterocycles. The second-order valence-corrected chi connectivity index (χ2v) is 8.69. The highest BCUT2D eigenvalue weighted by molar-refractivity contribution is 6.18. The Morgan fingerprint density at radius 1 is 0.727 bits per heavy atom. The van der Waals surface area contributed by atoms with Gasteiger partial charge in [0.2, 0.25) is 0 Å². The molecule has 3 nitrogen and oxygen atoms in total. The van der Waals surface area contributed by atoms with E-state index in [2.05, 4.69) is 70.9 Å². The fourth-order valence-corrected chi connectivity index (χ4v) is 4.55. The molecule has 6 heteroatoms. The lowest BCUT2D eigenvalue weighted by atomic mass is 10.1. The lowest BCUT2D eigenvalue weighted by molar-refractivity contribution is 0.763. The summed E-state index contributed by atoms with van der Waals surface area (Å²) >= 11 is 11.9. The van der Waals surface area contributed by atoms with Crippen LogP contribution in [0.15, 0.2) is 72.8 Å². The Labute approximate surface area is 212 Å². The van der Waals surface area contributed by atoms with Crippen molar-refractivity contribution < 1.29 is 0 Å². The largest absolute Gasteiger partial charge is 0.384 e. The third-order valence-corrected chi connectivity index (χ3v) is 6.13. The van der Waals surface area contributed by atoms with Gasteiger partial charge in [0.1, 0.15) is 0 Å². The summed E-state index contributed by atoms with van der Waals surface area (Å²) in [6, 6.07) is 25.5. The zero-order valence-electron chi connectivity index (χ0n) is 18.6. The van der Waals surface area contributed by atoms with Crippen molar-refractivity contribution in [3.05, 3.63) is 78.4 Å². The molecule has 1 heterocycles. The van der Waals surface area contributed by atoms with Crippen molar-refractivity contribution in [2.24, 2.45) is 0 Å². The smallest absolute Gasteiger partial charge is 0.0730 e. The van der Waals surface area contributed by atoms with Crippen molar-refractivity contribution in [2.75, 3.05) is 41.6 Å². The van der Waals surface area contributed by atoms with Crippen LogP contribution < -0.4 is 10.2 Å². The molecule has 0 atom stereocenters. The summed E-state index contributed by atoms with van der Waals surface area (Å²) in [4.78, 5) is 7.04. The van der Waals surface area contributed by atoms with E-state index in [9.17, 15) is 0 Å². The standard InChI is InChI=1S/C27H29Cl2N3.ClH/c28-16-19-32(20-17-29)22-14-12-21(13-15-22)7-5-6-18-30-27-23-8-1-3-10-25(23)31-26-11-4-2-9-24(26)27;/h1-4,8-15H,5-7,16-20H2,(H,30,31);1H. The van der Waals surface area contributed by atoms with Gasteiger partial charge in [0.25, 0.3) is 0 Å². The van der Waals surface area contributed by atoms with E-state index >= 15 is 0 Å². The molecular weight excluding hydrogens is 473 g/mol. The van der Waals surface area contributed by atoms with E-state index in [1.807, 2.05) is 12.1 Å². The van der Waals surface area contributed by atoms with Crippen LogP contribution in [0.5, 0.6) is 0 Å². The Bertz CT molecular complexity index is 1090. The number of pyridine rings is 1. The SMILES string of the molecule is Cl.ClCCN(CCCl)c1ccc(CCCCNc2c3ccccc3nc3ccccc23)cc1. The first-order valence-electron chi connectivity index (χ1n) is 11.3. The van der Waals surface area contributed by atoms with E-state index in [1.54, 1.807) is 0 Å². The van der Waals surface area contributed by atoms with Crippen LogP contribution in [0, 0.1) is 0 Å². The van der Waals surface area contributed by atoms with Gasteiger partial charge in [-0.05, 0) is 49.1 Å². The average Bonchev–Trinajstić information content (AvgIpc) is 2.83. The number of nitrogens with one attached hydrogen (secondary N) is 1. The number of aromatic nitrogens is 1. The predicted molar refractivity (Wildman–Crippen MR) is 148 cm³/mol. The van der Waals surface area contributed by atoms with E-state index in [-0.39, 0.29) is 12.4 Å². The van der Waals surface area contributed by atoms with Gasteiger partial charge in [-0.2, -0.15) is 0 Å². The van der Waals surface area contributed by atoms with Crippen LogP contribution in [0.1, 0.15) is 18.4 Å². The zero-order chi connectivity index (χ0) is 22.2. The Morgan fingerprint density at radius 2 is 1.30 bits per heavy atom. The first-order chi connectivity index (χ1) is 15.8. The maximum Gasteiger partial charge on any atom is 0.0730 e. The summed E-state index contributed by atoms with van der Waals surface area (Å²) < 4.78 is 0. The highest BCUT2D eigenvalue weighted by Gasteiger charge is 2.08. The molecule has 1 N–H and O–H groups in total. The molecule has 174 valence electrons. The Morgan fingerprint density at radius 3 is 1.88 bits per heavy atom. The number of benzene rings is 3. The molecule has 0 spiro atoms. The molecular formula is C27H30Cl3N3. The molecule has 0 saturated carbocycles. The normalized spacial score (nSPS) is 10.8. The predicted octanol–water partition coefficient (Wildman–Crippen LogP) is 7.53. The number of alkyl halides is 2. The molecule has 0 aliphatic carbocycles. The Balaban J connectivity index is 0.00000306. The molecule has 0 fully saturated rings. The van der Waals surface area contributed by atoms with Crippen molar-refractivity contribution in [2.45, 2.75) is 19.3 Å². The van der Waals surface area contributed by atoms with Crippen LogP contribution in [0.3, 0.4) is 0 Å². The Kier molecular flexibility index (Phi) is 9.93. The molecule has 1 aromatic heterocycles. The maximum atomic E-state index is 5.93. The molecule has 4 rings (SSSR count). The topological polar surface area (TPSA) is 28.2 Å². The zero-order valence-corrected chi connectivity index (χ0v) is 21.0. The fourth-order valence-electron chi connectivity index (χ4n) is 4.15. The third kappa shape index (κ3) is 6.44. The third-order valence-electron chi connectivity index (χ3n) is 5.79. The van der Waals surface area contributed by atoms with Gasteiger partial charge in [-0.25, -0.2) is 4.98 Å². The van der Waals surface area contributed by atoms with Gasteiger partial charge in [-0.1, -0.05) is 48.5 Å². The number of rotatable bonds is 11. The molecule has 4 aromatic rings. The van der Waals surface area contributed by atoms with Crippen LogP contribution in [0.2, 0.25) is 0 Å². The first-order valence-corrected chi connectivity index (χ1v) is 12.3. The summed E-state index contributed by atoms with van der Waals surface area (Å²) in [7, 11) is 0. The van der Waals surface area contributed by atoms with Crippen LogP contribution >= 0.6 is 35.6 Å². The highest BCUT2D eigenvalue weighted by Crippen LogP contribution is 2.30. The lowest BCUT2D eigenvalue weighted by Crippen LogP contribution is -2.27. The number of hydrogen-bond donors (Lipinski definition) is 1. The lowest BCUT2D eigenvalue weighted by Gasteiger charge is -2.23. The molecule has 0 aliphatic rings. The molecule has 33 heavy (non-hydrogen) atoms. The van der Waals surface area contributed by atoms with E-state index in [0.717, 1.165) is 49.9 Å². The summed E-state index contributed by atoms with van der Waals surface area (Å²) in [5, 5.41) is 6.06. The number of fused-ring (bicyclic) bond motifs is 2. The summed E-state index contributed by atoms with van der Waals surface area (Å²) in [6.45, 7) is 2.57. The minimum Gasteiger partial charge on any atom is -0.384 e. The molecule has 3 aromatic carbocycles. The quantitative estimate of drug-likeness (QED) is 0.130. The Hall–Kier alpha value is -2.20. The van der Waals surface area contributed by atoms with Crippen molar-refractivity contribution in [1.82, 2.24) is 4.98 Å². The fraction of sp³-hybridized carbons (Fsp3) is 0.296. The number of hydrogen-bond acceptors (Lipinski definition) is 3. The van der Waals surface area contributed by atoms with Crippen molar-refractivity contribution in [3.8, 4) is 0 Å². The van der Waals surface area contributed by atoms with Crippen LogP contribution in [0.4, 0.5) is 11.4 Å². The van der Waals surface area contributed by atoms with Gasteiger partial charge in [-0.3, -0.25) is 0 Å². The monoisotopic (exact) mass is 501 g/mol. The minimum absolute atomic E-state index is 0. The van der Waals surface area contributed by atoms with Crippen molar-refractivity contribution in [1.29, 1.82) is 0 Å². The van der Waals surface area contributed by atoms with E-state index in [0.29, 0.717) is 11.8 Å². The highest BCUT2D eigenvalue weighted by atomic mass is 35.5. The van der Waals surface area contributed by atoms with E-state index in [1.165, 1.54) is 27.7 Å². The number of nitrogens with zero attached hydrogens (tertiary/aromatic N) is 2. The van der Waals surface area contributed by atoms with Gasteiger partial charge in [0, 0.05) is 47.9 Å². The van der Waals surface area contributed by atoms with Crippen molar-refractivity contribution in [3.63, 3.8) is 0 Å². The van der Waals surface area contributed by atoms with Crippen molar-refractivity contribution >= 4 is 68.8 Å². The summed E-state index contributed by atoms with van der Waals surface area (Å²) in [6.07, 6.45) is 3.32. The summed E-state index contributed by atoms with van der Waals surface area (Å²) in [5.74, 6) is 1.21. The van der Waals surface area contributed by atoms with Gasteiger partial charge in [0.05, 0.1) is 16.7 Å². The van der Waals surface area contributed by atoms with Gasteiger partial charge in [0.15, 0.2) is 0 Å². The summed E-state index contributed by atoms with van der Waals surface area (Å²) in [5.41, 5.74) is 5.81. The molecule has 0 radical (unpaired) electrons. The van der Waals surface area contributed by atoms with E-state index in [4.69, 9.17) is 28.2 Å². The van der Waals surface area contributed by atoms with Gasteiger partial charge >= 0.3 is 0 Å². The van der Waals surface area contributed by atoms with Gasteiger partial charge in [-0.15, -0.1) is 35.6 Å². The second kappa shape index (κ2) is 12.9. The maximum absolute atomic E-state index is 5.93. The number of halogens is 3. The first kappa shape index (κ1) is 25.4. The van der Waals surface area contributed by atoms with E-state index < -0.39 is 0 Å². The second-order valence-electron chi connectivity index (χ2n) is 7.94. The molecule has 0 unspecified atom stereocenters. The van der Waals surface area contributed by atoms with Gasteiger partial charge < -0.3 is 10.2 Å². The molecule has 0 bridgehead atoms. The van der Waals surface area contributed by atoms with Crippen LogP contribution in [-0.4, -0.2) is 36.4 Å². The number of anilines is 2. The molecule has 0 amide bonds. The minimum atomic E-state index is 0.